The fourth-order valence-corrected chi connectivity index (χ4v) is 2.19. The van der Waals surface area contributed by atoms with E-state index >= 15 is 0 Å². The van der Waals surface area contributed by atoms with Gasteiger partial charge in [-0.05, 0) is 43.7 Å². The van der Waals surface area contributed by atoms with Crippen LogP contribution in [0.15, 0.2) is 18.2 Å². The Morgan fingerprint density at radius 3 is 2.44 bits per heavy atom. The van der Waals surface area contributed by atoms with E-state index in [1.54, 1.807) is 0 Å². The number of carboxylic acid groups (broad SMARTS) is 1. The Hall–Kier alpha value is -1.42. The minimum absolute atomic E-state index is 0.00273. The number of nitrogens with zero attached hydrogens (tertiary/aromatic N) is 1. The summed E-state index contributed by atoms with van der Waals surface area (Å²) < 4.78 is 13.3. The largest absolute Gasteiger partial charge is 0.478 e. The Morgan fingerprint density at radius 2 is 1.94 bits per heavy atom. The number of hydrogen-bond donors (Lipinski definition) is 1. The summed E-state index contributed by atoms with van der Waals surface area (Å²) in [6, 6.07) is 4.40. The average Bonchev–Trinajstić information content (AvgIpc) is 2.29. The molecule has 0 saturated heterocycles. The van der Waals surface area contributed by atoms with E-state index in [9.17, 15) is 9.18 Å². The van der Waals surface area contributed by atoms with Gasteiger partial charge in [-0.15, -0.1) is 0 Å². The Bertz CT molecular complexity index is 416. The number of carboxylic acids is 1. The number of aromatic carboxylic acids is 1. The lowest BCUT2D eigenvalue weighted by Crippen LogP contribution is -2.30. The van der Waals surface area contributed by atoms with Crippen molar-refractivity contribution in [1.29, 1.82) is 0 Å². The van der Waals surface area contributed by atoms with E-state index < -0.39 is 11.8 Å². The number of carbonyl (C=O) groups is 1. The second kappa shape index (κ2) is 6.50. The SMILES string of the molecule is CCC(CC)N(C)Cc1cc(F)cc(C(=O)O)c1. The lowest BCUT2D eigenvalue weighted by atomic mass is 10.1. The summed E-state index contributed by atoms with van der Waals surface area (Å²) >= 11 is 0. The van der Waals surface area contributed by atoms with Gasteiger partial charge in [0.05, 0.1) is 5.56 Å². The fraction of sp³-hybridized carbons (Fsp3) is 0.500. The molecule has 1 aromatic carbocycles. The maximum atomic E-state index is 13.3. The highest BCUT2D eigenvalue weighted by Gasteiger charge is 2.13. The van der Waals surface area contributed by atoms with E-state index in [1.807, 2.05) is 7.05 Å². The van der Waals surface area contributed by atoms with Gasteiger partial charge in [0, 0.05) is 12.6 Å². The standard InChI is InChI=1S/C14H20FNO2/c1-4-13(5-2)16(3)9-10-6-11(14(17)18)8-12(15)7-10/h6-8,13H,4-5,9H2,1-3H3,(H,17,18). The Morgan fingerprint density at radius 1 is 1.33 bits per heavy atom. The molecule has 0 atom stereocenters. The lowest BCUT2D eigenvalue weighted by Gasteiger charge is -2.26. The first kappa shape index (κ1) is 14.6. The molecule has 0 amide bonds. The molecule has 18 heavy (non-hydrogen) atoms. The topological polar surface area (TPSA) is 40.5 Å². The highest BCUT2D eigenvalue weighted by atomic mass is 19.1. The molecule has 4 heteroatoms. The summed E-state index contributed by atoms with van der Waals surface area (Å²) in [6.07, 6.45) is 2.04. The van der Waals surface area contributed by atoms with Crippen molar-refractivity contribution in [1.82, 2.24) is 4.90 Å². The molecule has 0 unspecified atom stereocenters. The number of benzene rings is 1. The molecule has 0 spiro atoms. The molecule has 0 bridgehead atoms. The van der Waals surface area contributed by atoms with E-state index in [2.05, 4.69) is 18.7 Å². The van der Waals surface area contributed by atoms with Gasteiger partial charge in [-0.25, -0.2) is 9.18 Å². The van der Waals surface area contributed by atoms with E-state index in [0.717, 1.165) is 18.9 Å². The molecule has 0 aliphatic heterocycles. The normalized spacial score (nSPS) is 11.2. The fourth-order valence-electron chi connectivity index (χ4n) is 2.19. The molecule has 0 heterocycles. The molecular formula is C14H20FNO2. The van der Waals surface area contributed by atoms with Gasteiger partial charge in [-0.2, -0.15) is 0 Å². The highest BCUT2D eigenvalue weighted by Crippen LogP contribution is 2.14. The Kier molecular flexibility index (Phi) is 5.28. The van der Waals surface area contributed by atoms with E-state index in [1.165, 1.54) is 12.1 Å². The first-order valence-electron chi connectivity index (χ1n) is 6.20. The molecule has 0 aliphatic rings. The maximum Gasteiger partial charge on any atom is 0.335 e. The zero-order valence-electron chi connectivity index (χ0n) is 11.1. The van der Waals surface area contributed by atoms with Crippen LogP contribution in [0.4, 0.5) is 4.39 Å². The van der Waals surface area contributed by atoms with E-state index in [-0.39, 0.29) is 5.56 Å². The van der Waals surface area contributed by atoms with Crippen LogP contribution in [0, 0.1) is 5.82 Å². The molecule has 100 valence electrons. The zero-order valence-corrected chi connectivity index (χ0v) is 11.1. The van der Waals surface area contributed by atoms with E-state index in [4.69, 9.17) is 5.11 Å². The molecule has 1 rings (SSSR count). The van der Waals surface area contributed by atoms with Gasteiger partial charge in [0.1, 0.15) is 5.82 Å². The smallest absolute Gasteiger partial charge is 0.335 e. The summed E-state index contributed by atoms with van der Waals surface area (Å²) in [7, 11) is 1.98. The van der Waals surface area contributed by atoms with Crippen molar-refractivity contribution < 1.29 is 14.3 Å². The van der Waals surface area contributed by atoms with E-state index in [0.29, 0.717) is 18.2 Å². The van der Waals surface area contributed by atoms with Gasteiger partial charge in [0.25, 0.3) is 0 Å². The molecule has 0 aromatic heterocycles. The maximum absolute atomic E-state index is 13.3. The van der Waals surface area contributed by atoms with Crippen molar-refractivity contribution in [2.24, 2.45) is 0 Å². The Balaban J connectivity index is 2.87. The third-order valence-corrected chi connectivity index (χ3v) is 3.20. The van der Waals surface area contributed by atoms with Gasteiger partial charge in [0.2, 0.25) is 0 Å². The summed E-state index contributed by atoms with van der Waals surface area (Å²) in [5.74, 6) is -1.59. The summed E-state index contributed by atoms with van der Waals surface area (Å²) in [6.45, 7) is 4.78. The summed E-state index contributed by atoms with van der Waals surface area (Å²) in [4.78, 5) is 13.0. The van der Waals surface area contributed by atoms with Crippen molar-refractivity contribution in [3.05, 3.63) is 35.1 Å². The molecule has 0 saturated carbocycles. The van der Waals surface area contributed by atoms with Gasteiger partial charge in [-0.1, -0.05) is 13.8 Å². The Labute approximate surface area is 107 Å². The monoisotopic (exact) mass is 253 g/mol. The van der Waals surface area contributed by atoms with Crippen molar-refractivity contribution >= 4 is 5.97 Å². The lowest BCUT2D eigenvalue weighted by molar-refractivity contribution is 0.0696. The molecule has 0 radical (unpaired) electrons. The second-order valence-electron chi connectivity index (χ2n) is 4.54. The predicted molar refractivity (Wildman–Crippen MR) is 69.2 cm³/mol. The van der Waals surface area contributed by atoms with Gasteiger partial charge >= 0.3 is 5.97 Å². The molecular weight excluding hydrogens is 233 g/mol. The van der Waals surface area contributed by atoms with Crippen LogP contribution in [-0.4, -0.2) is 29.1 Å². The van der Waals surface area contributed by atoms with Gasteiger partial charge < -0.3 is 5.11 Å². The van der Waals surface area contributed by atoms with Crippen LogP contribution in [-0.2, 0) is 6.54 Å². The highest BCUT2D eigenvalue weighted by molar-refractivity contribution is 5.87. The average molecular weight is 253 g/mol. The molecule has 0 aliphatic carbocycles. The predicted octanol–water partition coefficient (Wildman–Crippen LogP) is 3.14. The van der Waals surface area contributed by atoms with Crippen LogP contribution < -0.4 is 0 Å². The first-order valence-corrected chi connectivity index (χ1v) is 6.20. The van der Waals surface area contributed by atoms with Crippen molar-refractivity contribution in [2.45, 2.75) is 39.3 Å². The van der Waals surface area contributed by atoms with Crippen molar-refractivity contribution in [3.8, 4) is 0 Å². The third-order valence-electron chi connectivity index (χ3n) is 3.20. The quantitative estimate of drug-likeness (QED) is 0.846. The van der Waals surface area contributed by atoms with Crippen LogP contribution in [0.25, 0.3) is 0 Å². The van der Waals surface area contributed by atoms with Crippen LogP contribution >= 0.6 is 0 Å². The number of hydrogen-bond acceptors (Lipinski definition) is 2. The van der Waals surface area contributed by atoms with Crippen LogP contribution in [0.5, 0.6) is 0 Å². The zero-order chi connectivity index (χ0) is 13.7. The number of halogens is 1. The number of rotatable bonds is 6. The second-order valence-corrected chi connectivity index (χ2v) is 4.54. The van der Waals surface area contributed by atoms with Crippen LogP contribution in [0.1, 0.15) is 42.6 Å². The minimum atomic E-state index is -1.10. The van der Waals surface area contributed by atoms with Gasteiger partial charge in [0.15, 0.2) is 0 Å². The molecule has 3 nitrogen and oxygen atoms in total. The molecule has 1 N–H and O–H groups in total. The molecule has 1 aromatic rings. The summed E-state index contributed by atoms with van der Waals surface area (Å²) in [5.41, 5.74) is 0.699. The van der Waals surface area contributed by atoms with Crippen molar-refractivity contribution in [3.63, 3.8) is 0 Å². The minimum Gasteiger partial charge on any atom is -0.478 e. The van der Waals surface area contributed by atoms with Crippen LogP contribution in [0.2, 0.25) is 0 Å². The van der Waals surface area contributed by atoms with Crippen LogP contribution in [0.3, 0.4) is 0 Å². The third kappa shape index (κ3) is 3.81. The van der Waals surface area contributed by atoms with Crippen molar-refractivity contribution in [2.75, 3.05) is 7.05 Å². The van der Waals surface area contributed by atoms with Gasteiger partial charge in [-0.3, -0.25) is 4.90 Å². The first-order chi connectivity index (χ1) is 8.47. The molecule has 0 fully saturated rings. The summed E-state index contributed by atoms with van der Waals surface area (Å²) in [5, 5.41) is 8.89.